The molecular weight excluding hydrogens is 274 g/mol. The Morgan fingerprint density at radius 1 is 1.14 bits per heavy atom. The van der Waals surface area contributed by atoms with Gasteiger partial charge in [-0.15, -0.1) is 0 Å². The fourth-order valence-electron chi connectivity index (χ4n) is 2.80. The maximum Gasteiger partial charge on any atom is 0.187 e. The fraction of sp³-hybridized carbons (Fsp3) is 0.316. The second-order valence-corrected chi connectivity index (χ2v) is 5.77. The van der Waals surface area contributed by atoms with Gasteiger partial charge in [0.15, 0.2) is 5.78 Å². The zero-order valence-corrected chi connectivity index (χ0v) is 12.8. The van der Waals surface area contributed by atoms with Gasteiger partial charge in [-0.25, -0.2) is 0 Å². The van der Waals surface area contributed by atoms with Crippen molar-refractivity contribution in [3.63, 3.8) is 0 Å². The summed E-state index contributed by atoms with van der Waals surface area (Å²) in [6.07, 6.45) is 1.87. The van der Waals surface area contributed by atoms with E-state index in [1.807, 2.05) is 61.5 Å². The van der Waals surface area contributed by atoms with Crippen LogP contribution in [0.25, 0.3) is 0 Å². The van der Waals surface area contributed by atoms with Crippen LogP contribution in [0.15, 0.2) is 54.6 Å². The molecule has 0 aromatic heterocycles. The Balaban J connectivity index is 1.84. The Morgan fingerprint density at radius 3 is 2.50 bits per heavy atom. The van der Waals surface area contributed by atoms with E-state index >= 15 is 0 Å². The Morgan fingerprint density at radius 2 is 1.86 bits per heavy atom. The molecule has 3 nitrogen and oxygen atoms in total. The highest BCUT2D eigenvalue weighted by molar-refractivity contribution is 6.02. The van der Waals surface area contributed by atoms with E-state index in [1.54, 1.807) is 0 Å². The Bertz CT molecular complexity index is 616. The lowest BCUT2D eigenvalue weighted by atomic mass is 9.97. The lowest BCUT2D eigenvalue weighted by Gasteiger charge is -2.24. The number of carbonyl (C=O) groups is 1. The molecule has 0 saturated carbocycles. The molecule has 2 aromatic rings. The van der Waals surface area contributed by atoms with E-state index in [0.29, 0.717) is 0 Å². The topological polar surface area (TPSA) is 38.3 Å². The van der Waals surface area contributed by atoms with Gasteiger partial charge in [0.25, 0.3) is 0 Å². The van der Waals surface area contributed by atoms with Crippen molar-refractivity contribution in [3.8, 4) is 0 Å². The summed E-state index contributed by atoms with van der Waals surface area (Å²) in [4.78, 5) is 12.9. The van der Waals surface area contributed by atoms with Crippen LogP contribution in [0.2, 0.25) is 0 Å². The maximum atomic E-state index is 12.9. The van der Waals surface area contributed by atoms with Crippen molar-refractivity contribution < 1.29 is 9.53 Å². The quantitative estimate of drug-likeness (QED) is 0.852. The highest BCUT2D eigenvalue weighted by Crippen LogP contribution is 2.22. The molecule has 2 atom stereocenters. The van der Waals surface area contributed by atoms with Crippen LogP contribution in [-0.2, 0) is 4.74 Å². The molecule has 114 valence electrons. The van der Waals surface area contributed by atoms with Crippen molar-refractivity contribution >= 4 is 11.5 Å². The minimum Gasteiger partial charge on any atom is -0.376 e. The highest BCUT2D eigenvalue weighted by atomic mass is 16.5. The lowest BCUT2D eigenvalue weighted by molar-refractivity contribution is 0.0721. The molecule has 3 rings (SSSR count). The lowest BCUT2D eigenvalue weighted by Crippen LogP contribution is -2.40. The number of Topliss-reactive ketones (excluding diaryl/α,β-unsaturated/α-hetero) is 1. The highest BCUT2D eigenvalue weighted by Gasteiger charge is 2.32. The SMILES string of the molecule is Cc1ccc(C(=O)C(Nc2ccccc2)C2CCCO2)cc1. The van der Waals surface area contributed by atoms with Crippen molar-refractivity contribution in [2.45, 2.75) is 31.9 Å². The first-order chi connectivity index (χ1) is 10.7. The summed E-state index contributed by atoms with van der Waals surface area (Å²) in [6, 6.07) is 17.2. The predicted octanol–water partition coefficient (Wildman–Crippen LogP) is 3.84. The Labute approximate surface area is 131 Å². The molecule has 0 bridgehead atoms. The van der Waals surface area contributed by atoms with E-state index in [-0.39, 0.29) is 17.9 Å². The van der Waals surface area contributed by atoms with Crippen LogP contribution in [0.1, 0.15) is 28.8 Å². The van der Waals surface area contributed by atoms with Crippen LogP contribution < -0.4 is 5.32 Å². The van der Waals surface area contributed by atoms with E-state index in [0.717, 1.165) is 36.3 Å². The largest absolute Gasteiger partial charge is 0.376 e. The van der Waals surface area contributed by atoms with E-state index < -0.39 is 0 Å². The van der Waals surface area contributed by atoms with Crippen molar-refractivity contribution in [1.82, 2.24) is 0 Å². The standard InChI is InChI=1S/C19H21NO2/c1-14-9-11-15(12-10-14)19(21)18(17-8-5-13-22-17)20-16-6-3-2-4-7-16/h2-4,6-7,9-12,17-18,20H,5,8,13H2,1H3. The Kier molecular flexibility index (Phi) is 4.54. The molecule has 3 heteroatoms. The molecule has 2 aromatic carbocycles. The normalized spacial score (nSPS) is 18.9. The van der Waals surface area contributed by atoms with Crippen LogP contribution in [0.3, 0.4) is 0 Å². The molecule has 1 aliphatic rings. The number of carbonyl (C=O) groups excluding carboxylic acids is 1. The van der Waals surface area contributed by atoms with E-state index in [1.165, 1.54) is 0 Å². The van der Waals surface area contributed by atoms with Gasteiger partial charge in [0.1, 0.15) is 6.04 Å². The van der Waals surface area contributed by atoms with Gasteiger partial charge in [-0.05, 0) is 31.9 Å². The van der Waals surface area contributed by atoms with Gasteiger partial charge in [0.2, 0.25) is 0 Å². The predicted molar refractivity (Wildman–Crippen MR) is 88.3 cm³/mol. The van der Waals surface area contributed by atoms with Crippen molar-refractivity contribution in [2.24, 2.45) is 0 Å². The molecule has 0 radical (unpaired) electrons. The molecule has 1 heterocycles. The smallest absolute Gasteiger partial charge is 0.187 e. The molecule has 2 unspecified atom stereocenters. The first-order valence-electron chi connectivity index (χ1n) is 7.78. The van der Waals surface area contributed by atoms with Gasteiger partial charge in [-0.2, -0.15) is 0 Å². The number of ether oxygens (including phenoxy) is 1. The number of aryl methyl sites for hydroxylation is 1. The second-order valence-electron chi connectivity index (χ2n) is 5.77. The average Bonchev–Trinajstić information content (AvgIpc) is 3.08. The van der Waals surface area contributed by atoms with Crippen molar-refractivity contribution in [3.05, 3.63) is 65.7 Å². The number of nitrogens with one attached hydrogen (secondary N) is 1. The van der Waals surface area contributed by atoms with Crippen LogP contribution in [0.5, 0.6) is 0 Å². The summed E-state index contributed by atoms with van der Waals surface area (Å²) in [5.74, 6) is 0.0933. The minimum atomic E-state index is -0.340. The first kappa shape index (κ1) is 14.8. The molecule has 1 aliphatic heterocycles. The minimum absolute atomic E-state index is 0.0611. The molecule has 1 saturated heterocycles. The zero-order valence-electron chi connectivity index (χ0n) is 12.8. The van der Waals surface area contributed by atoms with E-state index in [9.17, 15) is 4.79 Å². The van der Waals surface area contributed by atoms with Crippen LogP contribution >= 0.6 is 0 Å². The number of rotatable bonds is 5. The number of anilines is 1. The number of benzene rings is 2. The van der Waals surface area contributed by atoms with Crippen LogP contribution in [0.4, 0.5) is 5.69 Å². The summed E-state index contributed by atoms with van der Waals surface area (Å²) in [5.41, 5.74) is 2.83. The number of para-hydroxylation sites is 1. The third-order valence-corrected chi connectivity index (χ3v) is 4.05. The molecule has 22 heavy (non-hydrogen) atoms. The number of hydrogen-bond donors (Lipinski definition) is 1. The molecule has 1 N–H and O–H groups in total. The fourth-order valence-corrected chi connectivity index (χ4v) is 2.80. The first-order valence-corrected chi connectivity index (χ1v) is 7.78. The van der Waals surface area contributed by atoms with Gasteiger partial charge in [-0.1, -0.05) is 48.0 Å². The van der Waals surface area contributed by atoms with Gasteiger partial charge in [-0.3, -0.25) is 4.79 Å². The van der Waals surface area contributed by atoms with Gasteiger partial charge in [0.05, 0.1) is 6.10 Å². The average molecular weight is 295 g/mol. The molecule has 0 aliphatic carbocycles. The van der Waals surface area contributed by atoms with Gasteiger partial charge < -0.3 is 10.1 Å². The molecule has 0 amide bonds. The third-order valence-electron chi connectivity index (χ3n) is 4.05. The van der Waals surface area contributed by atoms with Crippen LogP contribution in [-0.4, -0.2) is 24.5 Å². The molecular formula is C19H21NO2. The molecule has 1 fully saturated rings. The molecule has 0 spiro atoms. The second kappa shape index (κ2) is 6.75. The summed E-state index contributed by atoms with van der Waals surface area (Å²) < 4.78 is 5.77. The maximum absolute atomic E-state index is 12.9. The summed E-state index contributed by atoms with van der Waals surface area (Å²) in [5, 5.41) is 3.36. The summed E-state index contributed by atoms with van der Waals surface area (Å²) in [7, 11) is 0. The van der Waals surface area contributed by atoms with Crippen molar-refractivity contribution in [1.29, 1.82) is 0 Å². The van der Waals surface area contributed by atoms with Crippen molar-refractivity contribution in [2.75, 3.05) is 11.9 Å². The van der Waals surface area contributed by atoms with Gasteiger partial charge in [0, 0.05) is 17.9 Å². The summed E-state index contributed by atoms with van der Waals surface area (Å²) >= 11 is 0. The van der Waals surface area contributed by atoms with E-state index in [4.69, 9.17) is 4.74 Å². The third kappa shape index (κ3) is 3.37. The monoisotopic (exact) mass is 295 g/mol. The van der Waals surface area contributed by atoms with Gasteiger partial charge >= 0.3 is 0 Å². The zero-order chi connectivity index (χ0) is 15.4. The van der Waals surface area contributed by atoms with Crippen LogP contribution in [0, 0.1) is 6.92 Å². The summed E-state index contributed by atoms with van der Waals surface area (Å²) in [6.45, 7) is 2.76. The van der Waals surface area contributed by atoms with E-state index in [2.05, 4.69) is 5.32 Å². The number of hydrogen-bond acceptors (Lipinski definition) is 3. The number of ketones is 1. The Hall–Kier alpha value is -2.13.